The maximum absolute atomic E-state index is 11.9. The first-order valence-electron chi connectivity index (χ1n) is 3.78. The lowest BCUT2D eigenvalue weighted by Crippen LogP contribution is -2.12. The summed E-state index contributed by atoms with van der Waals surface area (Å²) in [6.07, 6.45) is 0. The minimum atomic E-state index is -2.88. The number of rotatable bonds is 4. The summed E-state index contributed by atoms with van der Waals surface area (Å²) in [4.78, 5) is 0. The first-order chi connectivity index (χ1) is 6.69. The Balaban J connectivity index is 3.02. The van der Waals surface area contributed by atoms with E-state index in [1.54, 1.807) is 12.1 Å². The second-order valence-electron chi connectivity index (χ2n) is 2.45. The Labute approximate surface area is 84.8 Å². The number of halogens is 3. The van der Waals surface area contributed by atoms with Gasteiger partial charge in [0.1, 0.15) is 0 Å². The normalized spacial score (nSPS) is 10.4. The molecule has 3 nitrogen and oxygen atoms in total. The van der Waals surface area contributed by atoms with Crippen LogP contribution in [0.25, 0.3) is 0 Å². The molecule has 6 heteroatoms. The molecular weight excluding hydrogens is 214 g/mol. The maximum atomic E-state index is 11.9. The molecule has 1 aromatic rings. The fraction of sp³-hybridized carbons (Fsp3) is 0.250. The van der Waals surface area contributed by atoms with Crippen molar-refractivity contribution in [2.24, 2.45) is 5.84 Å². The van der Waals surface area contributed by atoms with Crippen LogP contribution in [0.15, 0.2) is 18.2 Å². The second kappa shape index (κ2) is 4.97. The van der Waals surface area contributed by atoms with E-state index in [1.807, 2.05) is 0 Å². The Morgan fingerprint density at radius 2 is 2.21 bits per heavy atom. The van der Waals surface area contributed by atoms with Crippen LogP contribution in [-0.4, -0.2) is 6.61 Å². The van der Waals surface area contributed by atoms with Gasteiger partial charge in [0.15, 0.2) is 5.75 Å². The molecule has 0 saturated heterocycles. The lowest BCUT2D eigenvalue weighted by molar-refractivity contribution is -0.0493. The van der Waals surface area contributed by atoms with E-state index in [-0.39, 0.29) is 17.3 Å². The lowest BCUT2D eigenvalue weighted by atomic mass is 10.2. The van der Waals surface area contributed by atoms with Gasteiger partial charge in [-0.25, -0.2) is 0 Å². The third kappa shape index (κ3) is 2.46. The zero-order valence-electron chi connectivity index (χ0n) is 7.14. The van der Waals surface area contributed by atoms with Crippen LogP contribution in [-0.2, 0) is 5.88 Å². The molecule has 1 rings (SSSR count). The molecule has 0 heterocycles. The number of hydrogen-bond acceptors (Lipinski definition) is 3. The molecule has 78 valence electrons. The number of alkyl halides is 3. The third-order valence-electron chi connectivity index (χ3n) is 1.62. The van der Waals surface area contributed by atoms with Gasteiger partial charge in [0.2, 0.25) is 0 Å². The summed E-state index contributed by atoms with van der Waals surface area (Å²) < 4.78 is 28.1. The molecule has 0 saturated carbocycles. The van der Waals surface area contributed by atoms with Crippen molar-refractivity contribution < 1.29 is 13.5 Å². The van der Waals surface area contributed by atoms with E-state index in [0.717, 1.165) is 0 Å². The van der Waals surface area contributed by atoms with Crippen LogP contribution >= 0.6 is 11.6 Å². The molecule has 3 N–H and O–H groups in total. The first-order valence-corrected chi connectivity index (χ1v) is 4.31. The summed E-state index contributed by atoms with van der Waals surface area (Å²) >= 11 is 5.58. The van der Waals surface area contributed by atoms with E-state index in [9.17, 15) is 8.78 Å². The Hall–Kier alpha value is -1.07. The summed E-state index contributed by atoms with van der Waals surface area (Å²) in [5.41, 5.74) is 3.16. The van der Waals surface area contributed by atoms with Gasteiger partial charge in [0, 0.05) is 5.88 Å². The Morgan fingerprint density at radius 1 is 1.50 bits per heavy atom. The van der Waals surface area contributed by atoms with E-state index < -0.39 is 6.61 Å². The number of hydrogen-bond donors (Lipinski definition) is 2. The van der Waals surface area contributed by atoms with Gasteiger partial charge in [0.25, 0.3) is 0 Å². The van der Waals surface area contributed by atoms with Gasteiger partial charge in [-0.3, -0.25) is 5.84 Å². The molecule has 0 spiro atoms. The highest BCUT2D eigenvalue weighted by molar-refractivity contribution is 6.17. The number of hydrazine groups is 1. The molecule has 0 atom stereocenters. The molecule has 0 unspecified atom stereocenters. The van der Waals surface area contributed by atoms with Crippen molar-refractivity contribution in [2.45, 2.75) is 12.5 Å². The number of nitrogens with one attached hydrogen (secondary N) is 1. The summed E-state index contributed by atoms with van der Waals surface area (Å²) in [6, 6.07) is 4.62. The van der Waals surface area contributed by atoms with Crippen molar-refractivity contribution >= 4 is 17.3 Å². The molecule has 0 bridgehead atoms. The predicted octanol–water partition coefficient (Wildman–Crippen LogP) is 2.31. The molecule has 0 aliphatic carbocycles. The van der Waals surface area contributed by atoms with Crippen LogP contribution in [0.2, 0.25) is 0 Å². The van der Waals surface area contributed by atoms with Crippen molar-refractivity contribution in [1.82, 2.24) is 0 Å². The van der Waals surface area contributed by atoms with E-state index in [2.05, 4.69) is 10.2 Å². The highest BCUT2D eigenvalue weighted by atomic mass is 35.5. The molecule has 0 radical (unpaired) electrons. The number of ether oxygens (including phenoxy) is 1. The summed E-state index contributed by atoms with van der Waals surface area (Å²) in [5.74, 6) is 5.32. The summed E-state index contributed by atoms with van der Waals surface area (Å²) in [5, 5.41) is 0. The van der Waals surface area contributed by atoms with Crippen LogP contribution in [0, 0.1) is 0 Å². The van der Waals surface area contributed by atoms with Crippen LogP contribution in [0.3, 0.4) is 0 Å². The number of nitrogens with two attached hydrogens (primary N) is 1. The van der Waals surface area contributed by atoms with Crippen LogP contribution < -0.4 is 16.0 Å². The SMILES string of the molecule is NNc1c(CCl)cccc1OC(F)F. The van der Waals surface area contributed by atoms with E-state index in [1.165, 1.54) is 6.07 Å². The highest BCUT2D eigenvalue weighted by Gasteiger charge is 2.11. The van der Waals surface area contributed by atoms with Crippen LogP contribution in [0.1, 0.15) is 5.56 Å². The zero-order valence-corrected chi connectivity index (χ0v) is 7.89. The van der Waals surface area contributed by atoms with Crippen molar-refractivity contribution in [3.8, 4) is 5.75 Å². The largest absolute Gasteiger partial charge is 0.433 e. The third-order valence-corrected chi connectivity index (χ3v) is 1.90. The Morgan fingerprint density at radius 3 is 2.71 bits per heavy atom. The predicted molar refractivity (Wildman–Crippen MR) is 50.4 cm³/mol. The van der Waals surface area contributed by atoms with Gasteiger partial charge in [0.05, 0.1) is 5.69 Å². The monoisotopic (exact) mass is 222 g/mol. The van der Waals surface area contributed by atoms with Crippen LogP contribution in [0.4, 0.5) is 14.5 Å². The molecule has 0 fully saturated rings. The van der Waals surface area contributed by atoms with Gasteiger partial charge in [-0.1, -0.05) is 12.1 Å². The molecule has 0 aromatic heterocycles. The molecular formula is C8H9ClF2N2O. The fourth-order valence-electron chi connectivity index (χ4n) is 1.05. The summed E-state index contributed by atoms with van der Waals surface area (Å²) in [7, 11) is 0. The zero-order chi connectivity index (χ0) is 10.6. The van der Waals surface area contributed by atoms with Crippen molar-refractivity contribution in [2.75, 3.05) is 5.43 Å². The van der Waals surface area contributed by atoms with Gasteiger partial charge in [-0.15, -0.1) is 11.6 Å². The molecule has 0 amide bonds. The smallest absolute Gasteiger partial charge is 0.387 e. The standard InChI is InChI=1S/C8H9ClF2N2O/c9-4-5-2-1-3-6(7(5)13-12)14-8(10)11/h1-3,8,13H,4,12H2. The maximum Gasteiger partial charge on any atom is 0.387 e. The lowest BCUT2D eigenvalue weighted by Gasteiger charge is -2.12. The van der Waals surface area contributed by atoms with Crippen LogP contribution in [0.5, 0.6) is 5.75 Å². The topological polar surface area (TPSA) is 47.3 Å². The second-order valence-corrected chi connectivity index (χ2v) is 2.71. The summed E-state index contributed by atoms with van der Waals surface area (Å²) in [6.45, 7) is -2.88. The van der Waals surface area contributed by atoms with Gasteiger partial charge < -0.3 is 10.2 Å². The van der Waals surface area contributed by atoms with Crippen molar-refractivity contribution in [3.05, 3.63) is 23.8 Å². The number of nitrogen functional groups attached to an aromatic ring is 1. The molecule has 0 aliphatic rings. The fourth-order valence-corrected chi connectivity index (χ4v) is 1.27. The first kappa shape index (κ1) is 11.0. The minimum Gasteiger partial charge on any atom is -0.433 e. The van der Waals surface area contributed by atoms with Crippen molar-refractivity contribution in [3.63, 3.8) is 0 Å². The number of para-hydroxylation sites is 1. The van der Waals surface area contributed by atoms with E-state index in [4.69, 9.17) is 17.4 Å². The average Bonchev–Trinajstić information content (AvgIpc) is 2.16. The van der Waals surface area contributed by atoms with Crippen molar-refractivity contribution in [1.29, 1.82) is 0 Å². The molecule has 0 aliphatic heterocycles. The average molecular weight is 223 g/mol. The van der Waals surface area contributed by atoms with Gasteiger partial charge in [-0.2, -0.15) is 8.78 Å². The highest BCUT2D eigenvalue weighted by Crippen LogP contribution is 2.29. The van der Waals surface area contributed by atoms with E-state index in [0.29, 0.717) is 5.56 Å². The Bertz CT molecular complexity index is 309. The van der Waals surface area contributed by atoms with E-state index >= 15 is 0 Å². The van der Waals surface area contributed by atoms with Gasteiger partial charge >= 0.3 is 6.61 Å². The quantitative estimate of drug-likeness (QED) is 0.467. The minimum absolute atomic E-state index is 0.0133. The number of anilines is 1. The molecule has 1 aromatic carbocycles. The molecule has 14 heavy (non-hydrogen) atoms. The number of benzene rings is 1. The Kier molecular flexibility index (Phi) is 3.91. The van der Waals surface area contributed by atoms with Gasteiger partial charge in [-0.05, 0) is 11.6 Å².